The zero-order valence-corrected chi connectivity index (χ0v) is 18.5. The molecule has 0 spiro atoms. The topological polar surface area (TPSA) is 66.5 Å². The summed E-state index contributed by atoms with van der Waals surface area (Å²) in [5.74, 6) is -0.0960. The van der Waals surface area contributed by atoms with Crippen LogP contribution < -0.4 is 5.32 Å². The molecular formula is C23H30N2O3S. The Morgan fingerprint density at radius 1 is 1.10 bits per heavy atom. The maximum Gasteiger partial charge on any atom is 0.243 e. The molecule has 0 aromatic heterocycles. The fourth-order valence-corrected chi connectivity index (χ4v) is 5.82. The van der Waals surface area contributed by atoms with E-state index in [9.17, 15) is 13.2 Å². The van der Waals surface area contributed by atoms with Gasteiger partial charge in [0.15, 0.2) is 0 Å². The second-order valence-electron chi connectivity index (χ2n) is 8.38. The van der Waals surface area contributed by atoms with E-state index in [1.165, 1.54) is 4.31 Å². The summed E-state index contributed by atoms with van der Waals surface area (Å²) in [6.45, 7) is 8.73. The van der Waals surface area contributed by atoms with Crippen LogP contribution in [0.25, 0.3) is 0 Å². The molecule has 0 unspecified atom stereocenters. The predicted molar refractivity (Wildman–Crippen MR) is 115 cm³/mol. The Morgan fingerprint density at radius 3 is 2.52 bits per heavy atom. The number of hydrogen-bond donors (Lipinski definition) is 1. The molecule has 1 amide bonds. The fraction of sp³-hybridized carbons (Fsp3) is 0.435. The normalized spacial score (nSPS) is 20.4. The summed E-state index contributed by atoms with van der Waals surface area (Å²) in [5.41, 5.74) is 3.22. The molecule has 0 bridgehead atoms. The zero-order chi connectivity index (χ0) is 21.2. The number of amides is 1. The van der Waals surface area contributed by atoms with E-state index in [-0.39, 0.29) is 12.5 Å². The Labute approximate surface area is 174 Å². The first kappa shape index (κ1) is 21.5. The number of carbonyl (C=O) groups excluding carboxylic acids is 1. The van der Waals surface area contributed by atoms with Gasteiger partial charge in [-0.1, -0.05) is 42.0 Å². The van der Waals surface area contributed by atoms with Crippen LogP contribution in [0.5, 0.6) is 0 Å². The quantitative estimate of drug-likeness (QED) is 0.811. The SMILES string of the molecule is Cc1ccc(S(=O)(=O)N2CCC[C@](C)(C(=O)NCc3ccccc3C)C2)c(C)c1. The van der Waals surface area contributed by atoms with Gasteiger partial charge in [0.25, 0.3) is 0 Å². The largest absolute Gasteiger partial charge is 0.352 e. The zero-order valence-electron chi connectivity index (χ0n) is 17.7. The monoisotopic (exact) mass is 414 g/mol. The molecule has 0 saturated carbocycles. The number of rotatable bonds is 5. The van der Waals surface area contributed by atoms with Gasteiger partial charge in [0.2, 0.25) is 15.9 Å². The van der Waals surface area contributed by atoms with Crippen LogP contribution in [0.4, 0.5) is 0 Å². The summed E-state index contributed by atoms with van der Waals surface area (Å²) in [7, 11) is -3.63. The van der Waals surface area contributed by atoms with E-state index in [4.69, 9.17) is 0 Å². The summed E-state index contributed by atoms with van der Waals surface area (Å²) in [4.78, 5) is 13.3. The third kappa shape index (κ3) is 4.54. The number of benzene rings is 2. The molecule has 1 fully saturated rings. The molecule has 1 N–H and O–H groups in total. The van der Waals surface area contributed by atoms with Crippen LogP contribution in [0.2, 0.25) is 0 Å². The number of nitrogens with zero attached hydrogens (tertiary/aromatic N) is 1. The minimum atomic E-state index is -3.63. The van der Waals surface area contributed by atoms with Gasteiger partial charge in [-0.05, 0) is 63.3 Å². The molecule has 156 valence electrons. The van der Waals surface area contributed by atoms with Crippen molar-refractivity contribution in [3.63, 3.8) is 0 Å². The molecule has 1 aliphatic heterocycles. The van der Waals surface area contributed by atoms with E-state index in [2.05, 4.69) is 5.32 Å². The Hall–Kier alpha value is -2.18. The lowest BCUT2D eigenvalue weighted by atomic mass is 9.82. The smallest absolute Gasteiger partial charge is 0.243 e. The van der Waals surface area contributed by atoms with Crippen molar-refractivity contribution in [2.45, 2.75) is 52.0 Å². The first-order valence-electron chi connectivity index (χ1n) is 10.0. The minimum Gasteiger partial charge on any atom is -0.352 e. The van der Waals surface area contributed by atoms with Gasteiger partial charge in [-0.2, -0.15) is 4.31 Å². The van der Waals surface area contributed by atoms with Crippen LogP contribution in [0.3, 0.4) is 0 Å². The molecule has 1 aliphatic rings. The molecule has 2 aromatic rings. The van der Waals surface area contributed by atoms with Gasteiger partial charge in [0.1, 0.15) is 0 Å². The Balaban J connectivity index is 1.76. The molecular weight excluding hydrogens is 384 g/mol. The van der Waals surface area contributed by atoms with E-state index in [0.717, 1.165) is 22.3 Å². The number of nitrogens with one attached hydrogen (secondary N) is 1. The van der Waals surface area contributed by atoms with Crippen molar-refractivity contribution in [3.05, 3.63) is 64.7 Å². The van der Waals surface area contributed by atoms with Crippen LogP contribution in [0.1, 0.15) is 42.0 Å². The maximum atomic E-state index is 13.2. The van der Waals surface area contributed by atoms with E-state index in [1.807, 2.05) is 64.1 Å². The fourth-order valence-electron chi connectivity index (χ4n) is 4.01. The molecule has 2 aromatic carbocycles. The van der Waals surface area contributed by atoms with Crippen molar-refractivity contribution in [1.29, 1.82) is 0 Å². The third-order valence-electron chi connectivity index (χ3n) is 5.86. The molecule has 1 atom stereocenters. The van der Waals surface area contributed by atoms with Gasteiger partial charge in [0.05, 0.1) is 10.3 Å². The first-order chi connectivity index (χ1) is 13.6. The van der Waals surface area contributed by atoms with Crippen molar-refractivity contribution in [2.24, 2.45) is 5.41 Å². The summed E-state index contributed by atoms with van der Waals surface area (Å²) in [5, 5.41) is 3.02. The summed E-state index contributed by atoms with van der Waals surface area (Å²) in [6.07, 6.45) is 1.34. The van der Waals surface area contributed by atoms with E-state index >= 15 is 0 Å². The van der Waals surface area contributed by atoms with Crippen molar-refractivity contribution < 1.29 is 13.2 Å². The van der Waals surface area contributed by atoms with E-state index < -0.39 is 15.4 Å². The van der Waals surface area contributed by atoms with Gasteiger partial charge in [0, 0.05) is 19.6 Å². The summed E-state index contributed by atoms with van der Waals surface area (Å²) in [6, 6.07) is 13.3. The highest BCUT2D eigenvalue weighted by molar-refractivity contribution is 7.89. The van der Waals surface area contributed by atoms with Crippen molar-refractivity contribution in [3.8, 4) is 0 Å². The average molecular weight is 415 g/mol. The lowest BCUT2D eigenvalue weighted by Crippen LogP contribution is -2.51. The van der Waals surface area contributed by atoms with Crippen molar-refractivity contribution in [1.82, 2.24) is 9.62 Å². The van der Waals surface area contributed by atoms with Crippen molar-refractivity contribution >= 4 is 15.9 Å². The van der Waals surface area contributed by atoms with Crippen LogP contribution in [0, 0.1) is 26.2 Å². The molecule has 6 heteroatoms. The molecule has 0 radical (unpaired) electrons. The number of piperidine rings is 1. The highest BCUT2D eigenvalue weighted by Crippen LogP contribution is 2.33. The Kier molecular flexibility index (Phi) is 6.15. The van der Waals surface area contributed by atoms with E-state index in [0.29, 0.717) is 30.8 Å². The lowest BCUT2D eigenvalue weighted by Gasteiger charge is -2.38. The third-order valence-corrected chi connectivity index (χ3v) is 7.86. The number of hydrogen-bond acceptors (Lipinski definition) is 3. The molecule has 0 aliphatic carbocycles. The predicted octanol–water partition coefficient (Wildman–Crippen LogP) is 3.72. The summed E-state index contributed by atoms with van der Waals surface area (Å²) < 4.78 is 28.0. The maximum absolute atomic E-state index is 13.2. The minimum absolute atomic E-state index is 0.0960. The van der Waals surface area contributed by atoms with Gasteiger partial charge in [-0.25, -0.2) is 8.42 Å². The number of sulfonamides is 1. The van der Waals surface area contributed by atoms with Crippen LogP contribution in [0.15, 0.2) is 47.4 Å². The average Bonchev–Trinajstić information content (AvgIpc) is 2.67. The van der Waals surface area contributed by atoms with Crippen LogP contribution in [-0.2, 0) is 21.4 Å². The number of carbonyl (C=O) groups is 1. The van der Waals surface area contributed by atoms with Gasteiger partial charge in [-0.3, -0.25) is 4.79 Å². The number of aryl methyl sites for hydroxylation is 3. The Morgan fingerprint density at radius 2 is 1.83 bits per heavy atom. The van der Waals surface area contributed by atoms with Gasteiger partial charge >= 0.3 is 0 Å². The highest BCUT2D eigenvalue weighted by Gasteiger charge is 2.42. The lowest BCUT2D eigenvalue weighted by molar-refractivity contribution is -0.132. The van der Waals surface area contributed by atoms with Gasteiger partial charge < -0.3 is 5.32 Å². The standard InChI is InChI=1S/C23H30N2O3S/c1-17-10-11-21(19(3)14-17)29(27,28)25-13-7-12-23(4,16-25)22(26)24-15-20-9-6-5-8-18(20)2/h5-6,8-11,14H,7,12-13,15-16H2,1-4H3,(H,24,26)/t23-/m0/s1. The van der Waals surface area contributed by atoms with E-state index in [1.54, 1.807) is 6.07 Å². The molecule has 1 saturated heterocycles. The summed E-state index contributed by atoms with van der Waals surface area (Å²) >= 11 is 0. The molecule has 29 heavy (non-hydrogen) atoms. The highest BCUT2D eigenvalue weighted by atomic mass is 32.2. The molecule has 3 rings (SSSR count). The second kappa shape index (κ2) is 8.28. The van der Waals surface area contributed by atoms with Crippen molar-refractivity contribution in [2.75, 3.05) is 13.1 Å². The Bertz CT molecular complexity index is 1020. The van der Waals surface area contributed by atoms with Gasteiger partial charge in [-0.15, -0.1) is 0 Å². The van der Waals surface area contributed by atoms with Crippen LogP contribution >= 0.6 is 0 Å². The second-order valence-corrected chi connectivity index (χ2v) is 10.3. The molecule has 1 heterocycles. The first-order valence-corrected chi connectivity index (χ1v) is 11.5. The molecule has 5 nitrogen and oxygen atoms in total. The van der Waals surface area contributed by atoms with Crippen LogP contribution in [-0.4, -0.2) is 31.7 Å².